The maximum absolute atomic E-state index is 2.45. The Balaban J connectivity index is 0.00000512. The Labute approximate surface area is 533 Å². The maximum atomic E-state index is 2.45. The molecule has 16 heteroatoms. The molecule has 8 rings (SSSR count). The predicted molar refractivity (Wildman–Crippen MR) is 305 cm³/mol. The topological polar surface area (TPSA) is 14.2 Å². The fraction of sp³-hybridized carbons (Fsp3) is 0.306. The third-order valence-corrected chi connectivity index (χ3v) is 14.2. The van der Waals surface area contributed by atoms with Gasteiger partial charge in [-0.25, -0.2) is 0 Å². The number of quaternary nitrogens is 2. The highest BCUT2D eigenvalue weighted by atomic mass is 127. The number of hydrogen-bond donors (Lipinski definition) is 0. The molecule has 0 fully saturated rings. The van der Waals surface area contributed by atoms with E-state index in [2.05, 4.69) is 195 Å². The van der Waals surface area contributed by atoms with Crippen LogP contribution < -0.4 is 115 Å². The molecule has 0 saturated heterocycles. The Bertz CT molecular complexity index is 2330. The molecule has 356 valence electrons. The number of aryl methyl sites for hydroxylation is 2. The van der Waals surface area contributed by atoms with Crippen LogP contribution in [0, 0.1) is 0 Å². The Morgan fingerprint density at radius 3 is 1.18 bits per heavy atom. The van der Waals surface area contributed by atoms with Crippen LogP contribution in [0.3, 0.4) is 0 Å². The van der Waals surface area contributed by atoms with Gasteiger partial charge < -0.3 is 115 Å². The van der Waals surface area contributed by atoms with Gasteiger partial charge in [-0.05, 0) is 59.7 Å². The summed E-state index contributed by atoms with van der Waals surface area (Å²) in [6.07, 6.45) is 12.8. The van der Waals surface area contributed by atoms with Gasteiger partial charge in [0.2, 0.25) is 11.0 Å². The van der Waals surface area contributed by atoms with E-state index in [1.807, 2.05) is 23.5 Å². The van der Waals surface area contributed by atoms with Gasteiger partial charge in [-0.1, -0.05) is 72.1 Å². The average Bonchev–Trinajstić information content (AvgIpc) is 3.70. The van der Waals surface area contributed by atoms with E-state index in [4.69, 9.17) is 0 Å². The molecule has 4 aromatic carbocycles. The second-order valence-corrected chi connectivity index (χ2v) is 19.1. The fourth-order valence-corrected chi connectivity index (χ4v) is 10.7. The normalized spacial score (nSPS) is 13.8. The average molecular weight is 1810 g/mol. The largest absolute Gasteiger partial charge is 1.00 e. The summed E-state index contributed by atoms with van der Waals surface area (Å²) in [5.74, 6) is 0. The van der Waals surface area contributed by atoms with Crippen LogP contribution in [0.2, 0.25) is 0 Å². The number of fused-ring (bicyclic) bond motifs is 4. The molecule has 0 radical (unpaired) electrons. The molecule has 0 atom stereocenters. The van der Waals surface area contributed by atoms with Crippen LogP contribution in [0.25, 0.3) is 34.0 Å². The number of halogens is 8. The van der Waals surface area contributed by atoms with Crippen molar-refractivity contribution in [3.05, 3.63) is 143 Å². The van der Waals surface area contributed by atoms with E-state index in [0.29, 0.717) is 0 Å². The van der Waals surface area contributed by atoms with E-state index >= 15 is 0 Å². The number of rotatable bonds is 14. The first-order chi connectivity index (χ1) is 27.6. The van der Waals surface area contributed by atoms with Crippen molar-refractivity contribution < 1.29 is 114 Å². The summed E-state index contributed by atoms with van der Waals surface area (Å²) in [6.45, 7) is 6.77. The molecular formula is C49H62I8N6S2. The minimum Gasteiger partial charge on any atom is -1.00 e. The summed E-state index contributed by atoms with van der Waals surface area (Å²) < 4.78 is 7.02. The molecule has 0 saturated carbocycles. The van der Waals surface area contributed by atoms with E-state index in [9.17, 15) is 0 Å². The van der Waals surface area contributed by atoms with Gasteiger partial charge in [0.25, 0.3) is 0 Å². The van der Waals surface area contributed by atoms with Gasteiger partial charge in [0.1, 0.15) is 0 Å². The van der Waals surface area contributed by atoms with Crippen LogP contribution in [0.15, 0.2) is 141 Å². The fourth-order valence-electron chi connectivity index (χ4n) is 8.51. The number of benzene rings is 4. The molecule has 6 nitrogen and oxygen atoms in total. The Hall–Kier alpha value is 1.24. The molecular weight excluding hydrogens is 1750 g/mol. The van der Waals surface area contributed by atoms with Crippen LogP contribution >= 0.6 is 119 Å². The molecule has 2 aliphatic rings. The Morgan fingerprint density at radius 1 is 0.462 bits per heavy atom. The molecule has 0 bridgehead atoms. The highest BCUT2D eigenvalue weighted by Gasteiger charge is 2.25. The molecule has 6 aromatic rings. The Kier molecular flexibility index (Phi) is 30.9. The minimum atomic E-state index is 0. The van der Waals surface area contributed by atoms with Crippen molar-refractivity contribution in [3.63, 3.8) is 0 Å². The second-order valence-electron chi connectivity index (χ2n) is 17.0. The lowest BCUT2D eigenvalue weighted by Gasteiger charge is -2.33. The van der Waals surface area contributed by atoms with Gasteiger partial charge in [0.15, 0.2) is 25.5 Å². The molecule has 0 aliphatic carbocycles. The zero-order valence-corrected chi connectivity index (χ0v) is 57.3. The van der Waals surface area contributed by atoms with Crippen molar-refractivity contribution in [1.82, 2.24) is 0 Å². The van der Waals surface area contributed by atoms with E-state index < -0.39 is 0 Å². The standard InChI is InChI=1S/C49H58N6S2.8HI/c1-50-44-22-11-13-24-46(44)56-48(50)36-38-26-30-52(42-20-9-7-18-40(38)42)28-15-32-54(3,4)34-17-35-55(5,6)33-16-29-53-31-27-39(41-19-8-10-21-43(41)53)37-49-51(2)45-23-12-14-25-47(45)57-49;;;;;;;;/h7-14,18-27,30-31,36-37H,15-17,28-29,32-35H2,1-6H3;8*1H/q+4;;;;;;;;/p-4. The summed E-state index contributed by atoms with van der Waals surface area (Å²) in [6, 6.07) is 39.7. The van der Waals surface area contributed by atoms with Gasteiger partial charge in [-0.2, -0.15) is 9.13 Å². The minimum absolute atomic E-state index is 0. The van der Waals surface area contributed by atoms with Crippen molar-refractivity contribution in [2.24, 2.45) is 0 Å². The lowest BCUT2D eigenvalue weighted by Crippen LogP contribution is -3.00. The van der Waals surface area contributed by atoms with Crippen LogP contribution in [-0.4, -0.2) is 77.4 Å². The zero-order chi connectivity index (χ0) is 39.6. The molecule has 4 heterocycles. The molecule has 0 amide bonds. The summed E-state index contributed by atoms with van der Waals surface area (Å²) in [5, 5.41) is 5.16. The first kappa shape index (κ1) is 66.2. The van der Waals surface area contributed by atoms with Crippen molar-refractivity contribution in [3.8, 4) is 0 Å². The third kappa shape index (κ3) is 16.6. The van der Waals surface area contributed by atoms with Crippen molar-refractivity contribution in [2.75, 3.05) is 78.3 Å². The smallest absolute Gasteiger partial charge is 0.213 e. The summed E-state index contributed by atoms with van der Waals surface area (Å²) in [4.78, 5) is 7.26. The molecule has 0 spiro atoms. The summed E-state index contributed by atoms with van der Waals surface area (Å²) in [5.41, 5.74) is 7.73. The van der Waals surface area contributed by atoms with Crippen LogP contribution in [-0.2, 0) is 13.1 Å². The highest BCUT2D eigenvalue weighted by molar-refractivity contribution is 14.0. The van der Waals surface area contributed by atoms with Gasteiger partial charge in [0, 0.05) is 54.6 Å². The molecule has 2 aliphatic heterocycles. The molecule has 0 unspecified atom stereocenters. The number of nitrogens with zero attached hydrogens (tertiary/aromatic N) is 6. The predicted octanol–water partition coefficient (Wildman–Crippen LogP) is 0.160. The number of aromatic nitrogens is 2. The monoisotopic (exact) mass is 1810 g/mol. The number of anilines is 2. The number of hydrogen-bond acceptors (Lipinski definition) is 4. The Morgan fingerprint density at radius 2 is 0.800 bits per heavy atom. The maximum Gasteiger partial charge on any atom is 0.213 e. The van der Waals surface area contributed by atoms with E-state index in [-0.39, 0.29) is 192 Å². The van der Waals surface area contributed by atoms with Crippen molar-refractivity contribution >= 4 is 165 Å². The first-order valence-electron chi connectivity index (χ1n) is 20.5. The van der Waals surface area contributed by atoms with Crippen LogP contribution in [0.4, 0.5) is 11.4 Å². The van der Waals surface area contributed by atoms with Gasteiger partial charge >= 0.3 is 0 Å². The van der Waals surface area contributed by atoms with E-state index in [0.717, 1.165) is 34.9 Å². The lowest BCUT2D eigenvalue weighted by molar-refractivity contribution is -0.911. The van der Waals surface area contributed by atoms with E-state index in [1.54, 1.807) is 0 Å². The lowest BCUT2D eigenvalue weighted by atomic mass is 10.1. The van der Waals surface area contributed by atoms with Gasteiger partial charge in [0.05, 0.1) is 99.4 Å². The molecule has 2 aromatic heterocycles. The van der Waals surface area contributed by atoms with Crippen LogP contribution in [0.5, 0.6) is 0 Å². The van der Waals surface area contributed by atoms with Crippen LogP contribution in [0.1, 0.15) is 30.4 Å². The highest BCUT2D eigenvalue weighted by Crippen LogP contribution is 2.46. The van der Waals surface area contributed by atoms with Gasteiger partial charge in [-0.15, -0.1) is 95.9 Å². The number of para-hydroxylation sites is 4. The zero-order valence-electron chi connectivity index (χ0n) is 37.7. The molecule has 65 heavy (non-hydrogen) atoms. The van der Waals surface area contributed by atoms with Crippen molar-refractivity contribution in [2.45, 2.75) is 42.1 Å². The second kappa shape index (κ2) is 30.3. The molecule has 0 N–H and O–H groups in total. The number of pyridine rings is 2. The quantitative estimate of drug-likeness (QED) is 0.0879. The van der Waals surface area contributed by atoms with Crippen molar-refractivity contribution in [1.29, 1.82) is 0 Å². The number of thioether (sulfide) groups is 2. The third-order valence-electron chi connectivity index (χ3n) is 11.9. The first-order valence-corrected chi connectivity index (χ1v) is 22.1. The van der Waals surface area contributed by atoms with E-state index in [1.165, 1.54) is 96.8 Å². The summed E-state index contributed by atoms with van der Waals surface area (Å²) in [7, 11) is 14.0. The van der Waals surface area contributed by atoms with Gasteiger partial charge in [-0.3, -0.25) is 0 Å². The SMILES string of the molecule is CN1C(=Cc2cc[n+](CCC[N+](C)(C)CCC[N+](C)(C)CCC[n+]3ccc(C=C4Sc5ccccc5N4C)c4ccccc43)c3ccccc23)Sc2ccccc21.I.I.I.I.[I-].[I-].[I-].[I-]. The summed E-state index contributed by atoms with van der Waals surface area (Å²) >= 11 is 3.71.